The molecule has 0 fully saturated rings. The summed E-state index contributed by atoms with van der Waals surface area (Å²) >= 11 is 0. The predicted molar refractivity (Wildman–Crippen MR) is 132 cm³/mol. The topological polar surface area (TPSA) is 66.5 Å². The van der Waals surface area contributed by atoms with E-state index in [1.54, 1.807) is 54.6 Å². The summed E-state index contributed by atoms with van der Waals surface area (Å²) in [5, 5.41) is 3.14. The van der Waals surface area contributed by atoms with E-state index in [4.69, 9.17) is 0 Å². The molecule has 0 saturated heterocycles. The molecule has 1 aliphatic rings. The molecular formula is C27H30N2O3S. The van der Waals surface area contributed by atoms with Crippen LogP contribution in [-0.2, 0) is 22.9 Å². The average molecular weight is 463 g/mol. The molecular weight excluding hydrogens is 432 g/mol. The lowest BCUT2D eigenvalue weighted by molar-refractivity contribution is 0.0935. The van der Waals surface area contributed by atoms with Gasteiger partial charge in [-0.25, -0.2) is 8.42 Å². The molecule has 1 amide bonds. The van der Waals surface area contributed by atoms with Gasteiger partial charge in [-0.1, -0.05) is 43.3 Å². The van der Waals surface area contributed by atoms with Gasteiger partial charge in [0.05, 0.1) is 16.6 Å². The molecule has 0 radical (unpaired) electrons. The van der Waals surface area contributed by atoms with E-state index in [1.807, 2.05) is 0 Å². The van der Waals surface area contributed by atoms with Crippen molar-refractivity contribution in [1.82, 2.24) is 5.32 Å². The maximum atomic E-state index is 12.9. The summed E-state index contributed by atoms with van der Waals surface area (Å²) in [6.07, 6.45) is 5.51. The van der Waals surface area contributed by atoms with Crippen molar-refractivity contribution in [2.45, 2.75) is 50.0 Å². The molecule has 33 heavy (non-hydrogen) atoms. The molecule has 3 aromatic rings. The van der Waals surface area contributed by atoms with Gasteiger partial charge in [0.2, 0.25) is 0 Å². The van der Waals surface area contributed by atoms with Gasteiger partial charge in [0.15, 0.2) is 0 Å². The molecule has 1 N–H and O–H groups in total. The van der Waals surface area contributed by atoms with E-state index >= 15 is 0 Å². The zero-order valence-corrected chi connectivity index (χ0v) is 19.9. The number of sulfonamides is 1. The SMILES string of the molecule is CCC(NC(=O)c1ccc(N(C)S(=O)(=O)c2ccccc2)cc1)c1ccc2c(c1)CCCC2. The van der Waals surface area contributed by atoms with Gasteiger partial charge in [-0.15, -0.1) is 0 Å². The van der Waals surface area contributed by atoms with Crippen LogP contribution in [0.5, 0.6) is 0 Å². The first kappa shape index (κ1) is 23.1. The van der Waals surface area contributed by atoms with Crippen molar-refractivity contribution in [2.75, 3.05) is 11.4 Å². The van der Waals surface area contributed by atoms with Gasteiger partial charge in [-0.3, -0.25) is 9.10 Å². The van der Waals surface area contributed by atoms with E-state index in [0.717, 1.165) is 24.8 Å². The van der Waals surface area contributed by atoms with E-state index < -0.39 is 10.0 Å². The third kappa shape index (κ3) is 4.96. The van der Waals surface area contributed by atoms with Gasteiger partial charge in [-0.2, -0.15) is 0 Å². The number of nitrogens with one attached hydrogen (secondary N) is 1. The number of aryl methyl sites for hydroxylation is 2. The van der Waals surface area contributed by atoms with Gasteiger partial charge in [0.25, 0.3) is 15.9 Å². The van der Waals surface area contributed by atoms with Crippen LogP contribution in [0.15, 0.2) is 77.7 Å². The first-order valence-corrected chi connectivity index (χ1v) is 12.9. The number of carbonyl (C=O) groups excluding carboxylic acids is 1. The smallest absolute Gasteiger partial charge is 0.264 e. The Balaban J connectivity index is 1.48. The van der Waals surface area contributed by atoms with Gasteiger partial charge >= 0.3 is 0 Å². The number of benzene rings is 3. The van der Waals surface area contributed by atoms with Gasteiger partial charge in [0.1, 0.15) is 0 Å². The van der Waals surface area contributed by atoms with Crippen molar-refractivity contribution < 1.29 is 13.2 Å². The fourth-order valence-corrected chi connectivity index (χ4v) is 5.56. The molecule has 172 valence electrons. The van der Waals surface area contributed by atoms with E-state index in [2.05, 4.69) is 30.4 Å². The van der Waals surface area contributed by atoms with Crippen LogP contribution in [0, 0.1) is 0 Å². The van der Waals surface area contributed by atoms with Crippen molar-refractivity contribution in [1.29, 1.82) is 0 Å². The zero-order valence-electron chi connectivity index (χ0n) is 19.1. The third-order valence-electron chi connectivity index (χ3n) is 6.38. The van der Waals surface area contributed by atoms with Gasteiger partial charge < -0.3 is 5.32 Å². The average Bonchev–Trinajstić information content (AvgIpc) is 2.87. The lowest BCUT2D eigenvalue weighted by Gasteiger charge is -2.22. The second-order valence-corrected chi connectivity index (χ2v) is 10.5. The number of anilines is 1. The first-order valence-electron chi connectivity index (χ1n) is 11.5. The zero-order chi connectivity index (χ0) is 23.4. The minimum absolute atomic E-state index is 0.0643. The largest absolute Gasteiger partial charge is 0.345 e. The maximum Gasteiger partial charge on any atom is 0.264 e. The second-order valence-electron chi connectivity index (χ2n) is 8.50. The molecule has 0 bridgehead atoms. The maximum absolute atomic E-state index is 12.9. The molecule has 3 aromatic carbocycles. The lowest BCUT2D eigenvalue weighted by atomic mass is 9.88. The van der Waals surface area contributed by atoms with E-state index in [-0.39, 0.29) is 16.8 Å². The summed E-state index contributed by atoms with van der Waals surface area (Å²) < 4.78 is 26.9. The molecule has 0 aliphatic heterocycles. The number of hydrogen-bond donors (Lipinski definition) is 1. The molecule has 0 aromatic heterocycles. The molecule has 0 heterocycles. The lowest BCUT2D eigenvalue weighted by Crippen LogP contribution is -2.29. The Labute approximate surface area is 196 Å². The Morgan fingerprint density at radius 1 is 0.939 bits per heavy atom. The van der Waals surface area contributed by atoms with Crippen LogP contribution in [0.25, 0.3) is 0 Å². The Hall–Kier alpha value is -3.12. The number of nitrogens with zero attached hydrogens (tertiary/aromatic N) is 1. The molecule has 1 aliphatic carbocycles. The summed E-state index contributed by atoms with van der Waals surface area (Å²) in [6.45, 7) is 2.07. The van der Waals surface area contributed by atoms with Crippen LogP contribution in [0.4, 0.5) is 5.69 Å². The van der Waals surface area contributed by atoms with E-state index in [9.17, 15) is 13.2 Å². The van der Waals surface area contributed by atoms with Gasteiger partial charge in [-0.05, 0) is 85.2 Å². The number of hydrogen-bond acceptors (Lipinski definition) is 3. The molecule has 6 heteroatoms. The molecule has 0 spiro atoms. The Bertz CT molecular complexity index is 1220. The minimum Gasteiger partial charge on any atom is -0.345 e. The number of amides is 1. The molecule has 4 rings (SSSR count). The quantitative estimate of drug-likeness (QED) is 0.520. The summed E-state index contributed by atoms with van der Waals surface area (Å²) in [6, 6.07) is 21.5. The Morgan fingerprint density at radius 3 is 2.27 bits per heavy atom. The van der Waals surface area contributed by atoms with Crippen LogP contribution in [0.1, 0.15) is 59.3 Å². The normalized spacial score (nSPS) is 14.2. The van der Waals surface area contributed by atoms with Crippen LogP contribution in [-0.4, -0.2) is 21.4 Å². The van der Waals surface area contributed by atoms with Crippen molar-refractivity contribution in [3.63, 3.8) is 0 Å². The highest BCUT2D eigenvalue weighted by atomic mass is 32.2. The van der Waals surface area contributed by atoms with Crippen LogP contribution >= 0.6 is 0 Å². The fraction of sp³-hybridized carbons (Fsp3) is 0.296. The standard InChI is InChI=1S/C27H30N2O3S/c1-3-26(23-14-13-20-9-7-8-10-22(20)19-23)28-27(30)21-15-17-24(18-16-21)29(2)33(31,32)25-11-5-4-6-12-25/h4-6,11-19,26H,3,7-10H2,1-2H3,(H,28,30). The summed E-state index contributed by atoms with van der Waals surface area (Å²) in [4.78, 5) is 13.2. The monoisotopic (exact) mass is 462 g/mol. The summed E-state index contributed by atoms with van der Waals surface area (Å²) in [5.41, 5.74) is 4.96. The summed E-state index contributed by atoms with van der Waals surface area (Å²) in [5.74, 6) is -0.167. The number of carbonyl (C=O) groups is 1. The highest BCUT2D eigenvalue weighted by Crippen LogP contribution is 2.27. The van der Waals surface area contributed by atoms with E-state index in [1.165, 1.54) is 35.3 Å². The van der Waals surface area contributed by atoms with Gasteiger partial charge in [0, 0.05) is 12.6 Å². The predicted octanol–water partition coefficient (Wildman–Crippen LogP) is 5.27. The summed E-state index contributed by atoms with van der Waals surface area (Å²) in [7, 11) is -2.14. The molecule has 0 saturated carbocycles. The van der Waals surface area contributed by atoms with E-state index in [0.29, 0.717) is 11.3 Å². The third-order valence-corrected chi connectivity index (χ3v) is 8.18. The number of rotatable bonds is 7. The highest BCUT2D eigenvalue weighted by Gasteiger charge is 2.22. The van der Waals surface area contributed by atoms with Crippen LogP contribution in [0.2, 0.25) is 0 Å². The number of fused-ring (bicyclic) bond motifs is 1. The Kier molecular flexibility index (Phi) is 6.84. The molecule has 1 atom stereocenters. The van der Waals surface area contributed by atoms with Crippen molar-refractivity contribution in [3.8, 4) is 0 Å². The fourth-order valence-electron chi connectivity index (χ4n) is 4.34. The van der Waals surface area contributed by atoms with Crippen LogP contribution < -0.4 is 9.62 Å². The second kappa shape index (κ2) is 9.79. The Morgan fingerprint density at radius 2 is 1.61 bits per heavy atom. The van der Waals surface area contributed by atoms with Crippen molar-refractivity contribution in [3.05, 3.63) is 95.1 Å². The van der Waals surface area contributed by atoms with Crippen molar-refractivity contribution >= 4 is 21.6 Å². The molecule has 5 nitrogen and oxygen atoms in total. The first-order chi connectivity index (χ1) is 15.9. The van der Waals surface area contributed by atoms with Crippen LogP contribution in [0.3, 0.4) is 0 Å². The highest BCUT2D eigenvalue weighted by molar-refractivity contribution is 7.92. The molecule has 1 unspecified atom stereocenters. The van der Waals surface area contributed by atoms with Crippen molar-refractivity contribution in [2.24, 2.45) is 0 Å². The minimum atomic E-state index is -3.66.